The topological polar surface area (TPSA) is 59.1 Å². The van der Waals surface area contributed by atoms with Crippen LogP contribution in [0.15, 0.2) is 29.6 Å². The highest BCUT2D eigenvalue weighted by Gasteiger charge is 2.59. The van der Waals surface area contributed by atoms with Crippen LogP contribution in [0.4, 0.5) is 0 Å². The molecule has 26 heavy (non-hydrogen) atoms. The van der Waals surface area contributed by atoms with Gasteiger partial charge in [-0.05, 0) is 50.9 Å². The van der Waals surface area contributed by atoms with Crippen molar-refractivity contribution in [3.05, 3.63) is 40.9 Å². The summed E-state index contributed by atoms with van der Waals surface area (Å²) in [6.45, 7) is 6.06. The summed E-state index contributed by atoms with van der Waals surface area (Å²) in [4.78, 5) is 29.3. The van der Waals surface area contributed by atoms with E-state index >= 15 is 0 Å². The summed E-state index contributed by atoms with van der Waals surface area (Å²) in [5.74, 6) is 0.466. The number of nitrogens with one attached hydrogen (secondary N) is 1. The molecule has 2 saturated carbocycles. The molecule has 2 aromatic rings. The lowest BCUT2D eigenvalue weighted by Crippen LogP contribution is -2.54. The summed E-state index contributed by atoms with van der Waals surface area (Å²) in [6, 6.07) is 7.42. The van der Waals surface area contributed by atoms with E-state index in [1.807, 2.05) is 18.2 Å². The first-order valence-electron chi connectivity index (χ1n) is 9.22. The van der Waals surface area contributed by atoms with Crippen molar-refractivity contribution in [2.75, 3.05) is 0 Å². The molecule has 4 nitrogen and oxygen atoms in total. The van der Waals surface area contributed by atoms with Gasteiger partial charge in [0.15, 0.2) is 5.78 Å². The number of rotatable bonds is 4. The van der Waals surface area contributed by atoms with Crippen LogP contribution in [0.5, 0.6) is 0 Å². The van der Waals surface area contributed by atoms with Crippen molar-refractivity contribution >= 4 is 23.0 Å². The van der Waals surface area contributed by atoms with Gasteiger partial charge in [0.05, 0.1) is 0 Å². The fourth-order valence-electron chi connectivity index (χ4n) is 4.88. The number of amides is 1. The average molecular weight is 369 g/mol. The highest BCUT2D eigenvalue weighted by atomic mass is 32.1. The molecule has 1 amide bonds. The minimum absolute atomic E-state index is 0.00442. The largest absolute Gasteiger partial charge is 0.345 e. The SMILES string of the molecule is CC(=O)c1ccccc1-c1nc(C(=O)NC2(C)[C@H]3CC[C@]2(C)CC3)cs1. The van der Waals surface area contributed by atoms with E-state index in [4.69, 9.17) is 0 Å². The third-order valence-electron chi connectivity index (χ3n) is 6.81. The Morgan fingerprint density at radius 1 is 1.19 bits per heavy atom. The number of Topliss-reactive ketones (excluding diaryl/α,β-unsaturated/α-hetero) is 1. The van der Waals surface area contributed by atoms with Crippen LogP contribution in [0.1, 0.15) is 67.3 Å². The van der Waals surface area contributed by atoms with Gasteiger partial charge in [0.25, 0.3) is 5.91 Å². The Morgan fingerprint density at radius 2 is 1.88 bits per heavy atom. The van der Waals surface area contributed by atoms with Crippen LogP contribution >= 0.6 is 11.3 Å². The maximum atomic E-state index is 12.9. The van der Waals surface area contributed by atoms with Crippen molar-refractivity contribution in [2.45, 2.75) is 52.0 Å². The second-order valence-electron chi connectivity index (χ2n) is 8.13. The van der Waals surface area contributed by atoms with E-state index in [-0.39, 0.29) is 22.6 Å². The third kappa shape index (κ3) is 2.52. The Bertz CT molecular complexity index is 880. The highest BCUT2D eigenvalue weighted by molar-refractivity contribution is 7.13. The summed E-state index contributed by atoms with van der Waals surface area (Å²) >= 11 is 1.41. The summed E-state index contributed by atoms with van der Waals surface area (Å²) in [5.41, 5.74) is 1.92. The molecular formula is C21H24N2O2S. The summed E-state index contributed by atoms with van der Waals surface area (Å²) in [6.07, 6.45) is 4.76. The summed E-state index contributed by atoms with van der Waals surface area (Å²) < 4.78 is 0. The lowest BCUT2D eigenvalue weighted by molar-refractivity contribution is 0.0817. The molecule has 4 rings (SSSR count). The van der Waals surface area contributed by atoms with E-state index in [0.717, 1.165) is 5.56 Å². The van der Waals surface area contributed by atoms with E-state index < -0.39 is 0 Å². The zero-order chi connectivity index (χ0) is 18.5. The van der Waals surface area contributed by atoms with E-state index in [9.17, 15) is 9.59 Å². The van der Waals surface area contributed by atoms with Crippen molar-refractivity contribution in [1.29, 1.82) is 0 Å². The number of hydrogen-bond acceptors (Lipinski definition) is 4. The van der Waals surface area contributed by atoms with Crippen molar-refractivity contribution in [1.82, 2.24) is 10.3 Å². The Hall–Kier alpha value is -2.01. The van der Waals surface area contributed by atoms with Crippen LogP contribution in [0.2, 0.25) is 0 Å². The molecule has 1 heterocycles. The Kier molecular flexibility index (Phi) is 4.03. The molecule has 2 fully saturated rings. The van der Waals surface area contributed by atoms with Gasteiger partial charge in [-0.2, -0.15) is 0 Å². The molecule has 1 aromatic carbocycles. The van der Waals surface area contributed by atoms with Gasteiger partial charge in [-0.15, -0.1) is 11.3 Å². The molecule has 1 aromatic heterocycles. The normalized spacial score (nSPS) is 29.7. The van der Waals surface area contributed by atoms with Crippen molar-refractivity contribution in [3.63, 3.8) is 0 Å². The second kappa shape index (κ2) is 6.02. The van der Waals surface area contributed by atoms with E-state index in [0.29, 0.717) is 22.2 Å². The molecule has 136 valence electrons. The monoisotopic (exact) mass is 368 g/mol. The maximum Gasteiger partial charge on any atom is 0.271 e. The number of carbonyl (C=O) groups excluding carboxylic acids is 2. The molecule has 2 aliphatic rings. The molecule has 5 heteroatoms. The first-order chi connectivity index (χ1) is 12.3. The number of nitrogens with zero attached hydrogens (tertiary/aromatic N) is 1. The minimum atomic E-state index is -0.148. The molecule has 1 atom stereocenters. The molecule has 0 spiro atoms. The fraction of sp³-hybridized carbons (Fsp3) is 0.476. The number of aromatic nitrogens is 1. The molecule has 0 radical (unpaired) electrons. The number of ketones is 1. The van der Waals surface area contributed by atoms with Crippen LogP contribution in [-0.2, 0) is 0 Å². The molecular weight excluding hydrogens is 344 g/mol. The predicted molar refractivity (Wildman–Crippen MR) is 103 cm³/mol. The molecule has 1 unspecified atom stereocenters. The first-order valence-corrected chi connectivity index (χ1v) is 10.1. The number of thiazole rings is 1. The van der Waals surface area contributed by atoms with Crippen molar-refractivity contribution in [3.8, 4) is 10.6 Å². The van der Waals surface area contributed by atoms with Crippen LogP contribution in [0.3, 0.4) is 0 Å². The standard InChI is InChI=1S/C21H24N2O2S/c1-13(24)15-6-4-5-7-16(15)19-22-17(12-26-19)18(25)23-21(3)14-8-10-20(21,2)11-9-14/h4-7,12,14H,8-11H2,1-3H3,(H,23,25)/t14-,20+,21?. The average Bonchev–Trinajstić information content (AvgIpc) is 3.26. The molecule has 2 bridgehead atoms. The van der Waals surface area contributed by atoms with Crippen LogP contribution < -0.4 is 5.32 Å². The van der Waals surface area contributed by atoms with Gasteiger partial charge < -0.3 is 5.32 Å². The van der Waals surface area contributed by atoms with Gasteiger partial charge in [-0.3, -0.25) is 9.59 Å². The van der Waals surface area contributed by atoms with E-state index in [2.05, 4.69) is 24.1 Å². The zero-order valence-corrected chi connectivity index (χ0v) is 16.3. The van der Waals surface area contributed by atoms with E-state index in [1.165, 1.54) is 37.0 Å². The van der Waals surface area contributed by atoms with Crippen molar-refractivity contribution in [2.24, 2.45) is 11.3 Å². The molecule has 1 N–H and O–H groups in total. The van der Waals surface area contributed by atoms with Gasteiger partial charge in [-0.1, -0.05) is 31.2 Å². The van der Waals surface area contributed by atoms with Crippen LogP contribution in [0.25, 0.3) is 10.6 Å². The quantitative estimate of drug-likeness (QED) is 0.795. The van der Waals surface area contributed by atoms with Gasteiger partial charge in [0.1, 0.15) is 10.7 Å². The van der Waals surface area contributed by atoms with Gasteiger partial charge in [0, 0.05) is 22.0 Å². The highest BCUT2D eigenvalue weighted by Crippen LogP contribution is 2.60. The third-order valence-corrected chi connectivity index (χ3v) is 7.68. The number of fused-ring (bicyclic) bond motifs is 2. The van der Waals surface area contributed by atoms with Crippen LogP contribution in [0, 0.1) is 11.3 Å². The number of carbonyl (C=O) groups is 2. The predicted octanol–water partition coefficient (Wildman–Crippen LogP) is 4.71. The van der Waals surface area contributed by atoms with Crippen LogP contribution in [-0.4, -0.2) is 22.2 Å². The number of benzene rings is 1. The lowest BCUT2D eigenvalue weighted by Gasteiger charge is -2.38. The van der Waals surface area contributed by atoms with Gasteiger partial charge >= 0.3 is 0 Å². The minimum Gasteiger partial charge on any atom is -0.345 e. The Morgan fingerprint density at radius 3 is 2.50 bits per heavy atom. The summed E-state index contributed by atoms with van der Waals surface area (Å²) in [5, 5.41) is 5.82. The molecule has 0 saturated heterocycles. The smallest absolute Gasteiger partial charge is 0.271 e. The molecule has 2 aliphatic carbocycles. The van der Waals surface area contributed by atoms with Gasteiger partial charge in [0.2, 0.25) is 0 Å². The van der Waals surface area contributed by atoms with E-state index in [1.54, 1.807) is 18.4 Å². The van der Waals surface area contributed by atoms with Gasteiger partial charge in [-0.25, -0.2) is 4.98 Å². The Balaban J connectivity index is 1.60. The lowest BCUT2D eigenvalue weighted by atomic mass is 9.76. The summed E-state index contributed by atoms with van der Waals surface area (Å²) in [7, 11) is 0. The zero-order valence-electron chi connectivity index (χ0n) is 15.5. The number of hydrogen-bond donors (Lipinski definition) is 1. The first kappa shape index (κ1) is 17.4. The van der Waals surface area contributed by atoms with Crippen molar-refractivity contribution < 1.29 is 9.59 Å². The maximum absolute atomic E-state index is 12.9. The second-order valence-corrected chi connectivity index (χ2v) is 8.99. The fourth-order valence-corrected chi connectivity index (χ4v) is 5.71. The molecule has 0 aliphatic heterocycles. The Labute approximate surface area is 158 Å².